The van der Waals surface area contributed by atoms with E-state index < -0.39 is 29.5 Å². The van der Waals surface area contributed by atoms with Gasteiger partial charge in [0.15, 0.2) is 0 Å². The van der Waals surface area contributed by atoms with Gasteiger partial charge in [-0.2, -0.15) is 5.26 Å². The SMILES string of the molecule is CC(CC(C(=O)O)N1C(=O)N[C@@](C)(c2ccc(C#N)cc2)C1=O)CC(C)(C)C. The number of rotatable bonds is 6. The van der Waals surface area contributed by atoms with Crippen LogP contribution in [-0.4, -0.2) is 34.0 Å². The lowest BCUT2D eigenvalue weighted by Gasteiger charge is -2.29. The van der Waals surface area contributed by atoms with Crippen molar-refractivity contribution in [3.8, 4) is 6.07 Å². The van der Waals surface area contributed by atoms with E-state index in [1.165, 1.54) is 0 Å². The van der Waals surface area contributed by atoms with E-state index in [0.29, 0.717) is 11.1 Å². The Hall–Kier alpha value is -2.88. The molecule has 7 nitrogen and oxygen atoms in total. The molecule has 1 aromatic rings. The van der Waals surface area contributed by atoms with Gasteiger partial charge in [-0.3, -0.25) is 4.79 Å². The van der Waals surface area contributed by atoms with E-state index in [-0.39, 0.29) is 17.8 Å². The van der Waals surface area contributed by atoms with Crippen molar-refractivity contribution >= 4 is 17.9 Å². The fraction of sp³-hybridized carbons (Fsp3) is 0.524. The first-order valence-electron chi connectivity index (χ1n) is 9.28. The minimum absolute atomic E-state index is 0.0107. The van der Waals surface area contributed by atoms with Gasteiger partial charge >= 0.3 is 12.0 Å². The van der Waals surface area contributed by atoms with Gasteiger partial charge in [0.05, 0.1) is 11.6 Å². The zero-order chi connectivity index (χ0) is 21.3. The maximum Gasteiger partial charge on any atom is 0.327 e. The molecule has 0 aromatic heterocycles. The van der Waals surface area contributed by atoms with E-state index in [0.717, 1.165) is 11.3 Å². The Morgan fingerprint density at radius 3 is 2.32 bits per heavy atom. The summed E-state index contributed by atoms with van der Waals surface area (Å²) in [6, 6.07) is 6.36. The van der Waals surface area contributed by atoms with Crippen LogP contribution < -0.4 is 5.32 Å². The van der Waals surface area contributed by atoms with Crippen LogP contribution in [0.3, 0.4) is 0 Å². The fourth-order valence-corrected chi connectivity index (χ4v) is 3.84. The van der Waals surface area contributed by atoms with Crippen molar-refractivity contribution in [1.82, 2.24) is 10.2 Å². The van der Waals surface area contributed by atoms with Crippen LogP contribution in [0.5, 0.6) is 0 Å². The molecular weight excluding hydrogens is 358 g/mol. The Balaban J connectivity index is 2.30. The van der Waals surface area contributed by atoms with E-state index >= 15 is 0 Å². The standard InChI is InChI=1S/C21H27N3O4/c1-13(11-20(2,3)4)10-16(17(25)26)24-18(27)21(5,23-19(24)28)15-8-6-14(12-22)7-9-15/h6-9,13,16H,10-11H2,1-5H3,(H,23,28)(H,25,26)/t13?,16?,21-/m0/s1. The Morgan fingerprint density at radius 2 is 1.86 bits per heavy atom. The normalized spacial score (nSPS) is 21.8. The monoisotopic (exact) mass is 385 g/mol. The summed E-state index contributed by atoms with van der Waals surface area (Å²) in [4.78, 5) is 38.4. The molecule has 150 valence electrons. The van der Waals surface area contributed by atoms with Crippen molar-refractivity contribution in [3.63, 3.8) is 0 Å². The Morgan fingerprint density at radius 1 is 1.29 bits per heavy atom. The second-order valence-corrected chi connectivity index (χ2v) is 8.88. The highest BCUT2D eigenvalue weighted by atomic mass is 16.4. The van der Waals surface area contributed by atoms with E-state index in [2.05, 4.69) is 26.1 Å². The lowest BCUT2D eigenvalue weighted by Crippen LogP contribution is -2.47. The average molecular weight is 385 g/mol. The Labute approximate surface area is 165 Å². The zero-order valence-electron chi connectivity index (χ0n) is 16.9. The van der Waals surface area contributed by atoms with Gasteiger partial charge in [0.25, 0.3) is 5.91 Å². The second kappa shape index (κ2) is 7.63. The summed E-state index contributed by atoms with van der Waals surface area (Å²) >= 11 is 0. The summed E-state index contributed by atoms with van der Waals surface area (Å²) in [6.45, 7) is 9.67. The molecule has 1 aliphatic heterocycles. The van der Waals surface area contributed by atoms with Gasteiger partial charge in [-0.1, -0.05) is 39.8 Å². The van der Waals surface area contributed by atoms with Crippen LogP contribution in [0.4, 0.5) is 4.79 Å². The summed E-state index contributed by atoms with van der Waals surface area (Å²) in [5.74, 6) is -1.78. The van der Waals surface area contributed by atoms with Gasteiger partial charge < -0.3 is 10.4 Å². The molecule has 1 fully saturated rings. The number of nitrogens with zero attached hydrogens (tertiary/aromatic N) is 2. The fourth-order valence-electron chi connectivity index (χ4n) is 3.84. The molecule has 0 saturated carbocycles. The maximum absolute atomic E-state index is 13.1. The van der Waals surface area contributed by atoms with Crippen molar-refractivity contribution in [2.45, 2.75) is 59.0 Å². The maximum atomic E-state index is 13.1. The minimum Gasteiger partial charge on any atom is -0.480 e. The van der Waals surface area contributed by atoms with Crippen LogP contribution >= 0.6 is 0 Å². The third-order valence-electron chi connectivity index (χ3n) is 5.00. The number of imide groups is 1. The van der Waals surface area contributed by atoms with Gasteiger partial charge in [0, 0.05) is 0 Å². The summed E-state index contributed by atoms with van der Waals surface area (Å²) in [7, 11) is 0. The molecule has 3 amide bonds. The van der Waals surface area contributed by atoms with Gasteiger partial charge in [-0.05, 0) is 48.8 Å². The number of carbonyl (C=O) groups is 3. The molecule has 1 saturated heterocycles. The molecule has 0 aliphatic carbocycles. The largest absolute Gasteiger partial charge is 0.480 e. The number of benzene rings is 1. The van der Waals surface area contributed by atoms with E-state index in [4.69, 9.17) is 5.26 Å². The first-order valence-corrected chi connectivity index (χ1v) is 9.28. The summed E-state index contributed by atoms with van der Waals surface area (Å²) in [6.07, 6.45) is 0.961. The number of nitrogens with one attached hydrogen (secondary N) is 1. The molecule has 0 radical (unpaired) electrons. The van der Waals surface area contributed by atoms with Crippen LogP contribution in [0.1, 0.15) is 58.6 Å². The van der Waals surface area contributed by atoms with E-state index in [1.807, 2.05) is 13.0 Å². The molecule has 0 bridgehead atoms. The molecule has 2 unspecified atom stereocenters. The summed E-state index contributed by atoms with van der Waals surface area (Å²) < 4.78 is 0. The molecular formula is C21H27N3O4. The number of amides is 3. The van der Waals surface area contributed by atoms with Crippen molar-refractivity contribution in [2.24, 2.45) is 11.3 Å². The lowest BCUT2D eigenvalue weighted by atomic mass is 9.82. The van der Waals surface area contributed by atoms with Gasteiger partial charge in [0.2, 0.25) is 0 Å². The van der Waals surface area contributed by atoms with Gasteiger partial charge in [-0.25, -0.2) is 14.5 Å². The Kier molecular flexibility index (Phi) is 5.83. The molecule has 1 aromatic carbocycles. The Bertz CT molecular complexity index is 820. The second-order valence-electron chi connectivity index (χ2n) is 8.88. The van der Waals surface area contributed by atoms with E-state index in [9.17, 15) is 19.5 Å². The number of hydrogen-bond donors (Lipinski definition) is 2. The van der Waals surface area contributed by atoms with Gasteiger partial charge in [0.1, 0.15) is 11.6 Å². The molecule has 7 heteroatoms. The van der Waals surface area contributed by atoms with Crippen molar-refractivity contribution in [1.29, 1.82) is 5.26 Å². The molecule has 1 aliphatic rings. The minimum atomic E-state index is -1.37. The number of carboxylic acid groups (broad SMARTS) is 1. The zero-order valence-corrected chi connectivity index (χ0v) is 16.9. The quantitative estimate of drug-likeness (QED) is 0.730. The number of hydrogen-bond acceptors (Lipinski definition) is 4. The third-order valence-corrected chi connectivity index (χ3v) is 5.00. The lowest BCUT2D eigenvalue weighted by molar-refractivity contribution is -0.148. The van der Waals surface area contributed by atoms with Crippen LogP contribution in [0.25, 0.3) is 0 Å². The predicted molar refractivity (Wildman–Crippen MR) is 103 cm³/mol. The van der Waals surface area contributed by atoms with Crippen LogP contribution in [-0.2, 0) is 15.1 Å². The van der Waals surface area contributed by atoms with Crippen molar-refractivity contribution in [2.75, 3.05) is 0 Å². The summed E-state index contributed by atoms with van der Waals surface area (Å²) in [5, 5.41) is 21.3. The number of carboxylic acids is 1. The van der Waals surface area contributed by atoms with Crippen LogP contribution in [0.2, 0.25) is 0 Å². The van der Waals surface area contributed by atoms with Crippen molar-refractivity contribution < 1.29 is 19.5 Å². The van der Waals surface area contributed by atoms with Crippen LogP contribution in [0.15, 0.2) is 24.3 Å². The third kappa shape index (κ3) is 4.33. The van der Waals surface area contributed by atoms with Crippen LogP contribution in [0, 0.1) is 22.7 Å². The van der Waals surface area contributed by atoms with Crippen molar-refractivity contribution in [3.05, 3.63) is 35.4 Å². The number of carbonyl (C=O) groups excluding carboxylic acids is 2. The number of nitriles is 1. The predicted octanol–water partition coefficient (Wildman–Crippen LogP) is 3.24. The number of aliphatic carboxylic acids is 1. The summed E-state index contributed by atoms with van der Waals surface area (Å²) in [5.41, 5.74) is -0.428. The highest BCUT2D eigenvalue weighted by Gasteiger charge is 2.53. The molecule has 2 N–H and O–H groups in total. The number of urea groups is 1. The first kappa shape index (κ1) is 21.4. The molecule has 1 heterocycles. The van der Waals surface area contributed by atoms with Gasteiger partial charge in [-0.15, -0.1) is 0 Å². The highest BCUT2D eigenvalue weighted by molar-refractivity contribution is 6.09. The molecule has 0 spiro atoms. The average Bonchev–Trinajstić information content (AvgIpc) is 2.81. The smallest absolute Gasteiger partial charge is 0.327 e. The molecule has 2 rings (SSSR count). The molecule has 28 heavy (non-hydrogen) atoms. The first-order chi connectivity index (χ1) is 12.9. The van der Waals surface area contributed by atoms with E-state index in [1.54, 1.807) is 31.2 Å². The molecule has 3 atom stereocenters. The highest BCUT2D eigenvalue weighted by Crippen LogP contribution is 2.33. The topological polar surface area (TPSA) is 110 Å².